The Morgan fingerprint density at radius 3 is 2.50 bits per heavy atom. The summed E-state index contributed by atoms with van der Waals surface area (Å²) in [6.45, 7) is 4.09. The van der Waals surface area contributed by atoms with Crippen molar-refractivity contribution in [2.45, 2.75) is 57.7 Å². The third-order valence-corrected chi connectivity index (χ3v) is 8.56. The number of benzene rings is 2. The zero-order valence-corrected chi connectivity index (χ0v) is 24.7. The molecule has 2 saturated heterocycles. The Balaban J connectivity index is 1.27. The van der Waals surface area contributed by atoms with E-state index in [1.54, 1.807) is 16.7 Å². The van der Waals surface area contributed by atoms with E-state index in [2.05, 4.69) is 15.6 Å². The van der Waals surface area contributed by atoms with Gasteiger partial charge in [0, 0.05) is 39.1 Å². The van der Waals surface area contributed by atoms with Crippen LogP contribution in [0.4, 0.5) is 0 Å². The first-order valence-corrected chi connectivity index (χ1v) is 14.8. The van der Waals surface area contributed by atoms with E-state index in [0.29, 0.717) is 19.5 Å². The van der Waals surface area contributed by atoms with Crippen LogP contribution in [-0.2, 0) is 34.4 Å². The minimum atomic E-state index is -0.861. The Bertz CT molecular complexity index is 1420. The van der Waals surface area contributed by atoms with Crippen molar-refractivity contribution in [1.82, 2.24) is 30.1 Å². The maximum absolute atomic E-state index is 13.7. The third kappa shape index (κ3) is 6.56. The highest BCUT2D eigenvalue weighted by molar-refractivity contribution is 5.91. The molecular weight excluding hydrogens is 534 g/mol. The maximum atomic E-state index is 13.7. The molecule has 0 saturated carbocycles. The summed E-state index contributed by atoms with van der Waals surface area (Å²) in [4.78, 5) is 43.6. The number of carbonyl (C=O) groups is 3. The summed E-state index contributed by atoms with van der Waals surface area (Å²) in [5.41, 5.74) is 10.1. The van der Waals surface area contributed by atoms with Gasteiger partial charge in [0.1, 0.15) is 17.3 Å². The Kier molecular flexibility index (Phi) is 9.06. The number of aromatic nitrogens is 3. The molecule has 2 aliphatic heterocycles. The predicted octanol–water partition coefficient (Wildman–Crippen LogP) is 2.03. The molecule has 3 amide bonds. The van der Waals surface area contributed by atoms with Crippen molar-refractivity contribution < 1.29 is 19.1 Å². The molecule has 0 spiro atoms. The Labute approximate surface area is 246 Å². The van der Waals surface area contributed by atoms with Gasteiger partial charge in [-0.15, -0.1) is 5.10 Å². The van der Waals surface area contributed by atoms with Gasteiger partial charge in [0.15, 0.2) is 0 Å². The van der Waals surface area contributed by atoms with E-state index in [1.165, 1.54) is 0 Å². The van der Waals surface area contributed by atoms with Crippen LogP contribution in [0.15, 0.2) is 42.5 Å². The molecule has 2 fully saturated rings. The monoisotopic (exact) mass is 575 g/mol. The lowest BCUT2D eigenvalue weighted by molar-refractivity contribution is -0.140. The van der Waals surface area contributed by atoms with Crippen LogP contribution in [-0.4, -0.2) is 81.3 Å². The number of aryl methyl sites for hydroxylation is 1. The third-order valence-electron chi connectivity index (χ3n) is 8.56. The van der Waals surface area contributed by atoms with Crippen LogP contribution in [0.1, 0.15) is 43.7 Å². The number of nitrogens with zero attached hydrogens (tertiary/aromatic N) is 5. The smallest absolute Gasteiger partial charge is 0.243 e. The highest BCUT2D eigenvalue weighted by Crippen LogP contribution is 2.29. The first-order chi connectivity index (χ1) is 20.2. The molecule has 5 rings (SSSR count). The van der Waals surface area contributed by atoms with Crippen LogP contribution in [0.2, 0.25) is 0 Å². The Morgan fingerprint density at radius 1 is 1.07 bits per heavy atom. The SMILES string of the molecule is COc1ccc(CC2CC(C(=O)NCc3ccc4c(c3)nnn4C)N(C(=O)C(N)CC(C)C(=O)N3CCCC3)C2)cc1. The standard InChI is InChI=1S/C31H41N7O4/c1-20(30(40)37-12-4-5-13-37)14-25(32)31(41)38-19-23(15-21-6-9-24(42-3)10-7-21)17-28(38)29(39)33-18-22-8-11-27-26(16-22)34-35-36(27)2/h6-11,16,20,23,25,28H,4-5,12-15,17-19,32H2,1-3H3,(H,33,39). The van der Waals surface area contributed by atoms with Gasteiger partial charge < -0.3 is 25.6 Å². The van der Waals surface area contributed by atoms with E-state index in [0.717, 1.165) is 60.3 Å². The summed E-state index contributed by atoms with van der Waals surface area (Å²) in [5.74, 6) is 0.0574. The van der Waals surface area contributed by atoms with Crippen molar-refractivity contribution in [2.75, 3.05) is 26.7 Å². The van der Waals surface area contributed by atoms with Crippen molar-refractivity contribution >= 4 is 28.8 Å². The molecule has 3 heterocycles. The van der Waals surface area contributed by atoms with Crippen molar-refractivity contribution in [3.05, 3.63) is 53.6 Å². The van der Waals surface area contributed by atoms with E-state index < -0.39 is 12.1 Å². The summed E-state index contributed by atoms with van der Waals surface area (Å²) in [6.07, 6.45) is 3.52. The molecule has 1 aromatic heterocycles. The molecule has 0 radical (unpaired) electrons. The molecule has 4 unspecified atom stereocenters. The van der Waals surface area contributed by atoms with Gasteiger partial charge in [-0.25, -0.2) is 4.68 Å². The van der Waals surface area contributed by atoms with Crippen LogP contribution in [0, 0.1) is 11.8 Å². The van der Waals surface area contributed by atoms with Crippen LogP contribution < -0.4 is 15.8 Å². The van der Waals surface area contributed by atoms with Crippen molar-refractivity contribution in [3.63, 3.8) is 0 Å². The van der Waals surface area contributed by atoms with E-state index in [1.807, 2.05) is 61.3 Å². The number of nitrogens with one attached hydrogen (secondary N) is 1. The summed E-state index contributed by atoms with van der Waals surface area (Å²) >= 11 is 0. The summed E-state index contributed by atoms with van der Waals surface area (Å²) in [5, 5.41) is 11.2. The fraction of sp³-hybridized carbons (Fsp3) is 0.516. The molecular formula is C31H41N7O4. The quantitative estimate of drug-likeness (QED) is 0.378. The number of nitrogens with two attached hydrogens (primary N) is 1. The van der Waals surface area contributed by atoms with Gasteiger partial charge in [0.25, 0.3) is 0 Å². The zero-order chi connectivity index (χ0) is 29.8. The van der Waals surface area contributed by atoms with Gasteiger partial charge in [-0.3, -0.25) is 14.4 Å². The molecule has 3 N–H and O–H groups in total. The van der Waals surface area contributed by atoms with E-state index in [-0.39, 0.29) is 36.0 Å². The first-order valence-electron chi connectivity index (χ1n) is 14.8. The number of likely N-dealkylation sites (tertiary alicyclic amines) is 2. The highest BCUT2D eigenvalue weighted by Gasteiger charge is 2.41. The molecule has 2 aromatic carbocycles. The zero-order valence-electron chi connectivity index (χ0n) is 24.7. The van der Waals surface area contributed by atoms with Crippen molar-refractivity contribution in [3.8, 4) is 5.75 Å². The fourth-order valence-electron chi connectivity index (χ4n) is 6.21. The topological polar surface area (TPSA) is 136 Å². The van der Waals surface area contributed by atoms with Crippen molar-refractivity contribution in [2.24, 2.45) is 24.6 Å². The molecule has 3 aromatic rings. The molecule has 2 aliphatic rings. The number of methoxy groups -OCH3 is 1. The second-order valence-corrected chi connectivity index (χ2v) is 11.7. The fourth-order valence-corrected chi connectivity index (χ4v) is 6.21. The van der Waals surface area contributed by atoms with Gasteiger partial charge in [-0.05, 0) is 73.4 Å². The number of fused-ring (bicyclic) bond motifs is 1. The van der Waals surface area contributed by atoms with Gasteiger partial charge in [0.05, 0.1) is 18.7 Å². The number of hydrogen-bond acceptors (Lipinski definition) is 7. The molecule has 0 aliphatic carbocycles. The number of carbonyl (C=O) groups excluding carboxylic acids is 3. The maximum Gasteiger partial charge on any atom is 0.243 e. The van der Waals surface area contributed by atoms with Crippen LogP contribution in [0.25, 0.3) is 11.0 Å². The summed E-state index contributed by atoms with van der Waals surface area (Å²) < 4.78 is 6.98. The van der Waals surface area contributed by atoms with Crippen molar-refractivity contribution in [1.29, 1.82) is 0 Å². The second-order valence-electron chi connectivity index (χ2n) is 11.7. The Morgan fingerprint density at radius 2 is 1.79 bits per heavy atom. The first kappa shape index (κ1) is 29.5. The average molecular weight is 576 g/mol. The molecule has 42 heavy (non-hydrogen) atoms. The summed E-state index contributed by atoms with van der Waals surface area (Å²) in [6, 6.07) is 12.1. The van der Waals surface area contributed by atoms with E-state index in [4.69, 9.17) is 10.5 Å². The molecule has 11 heteroatoms. The highest BCUT2D eigenvalue weighted by atomic mass is 16.5. The lowest BCUT2D eigenvalue weighted by Gasteiger charge is -2.28. The number of rotatable bonds is 10. The lowest BCUT2D eigenvalue weighted by Crippen LogP contribution is -2.52. The number of amides is 3. The molecule has 224 valence electrons. The minimum absolute atomic E-state index is 0.0453. The van der Waals surface area contributed by atoms with Gasteiger partial charge in [-0.1, -0.05) is 30.3 Å². The largest absolute Gasteiger partial charge is 0.497 e. The molecule has 4 atom stereocenters. The number of hydrogen-bond donors (Lipinski definition) is 2. The molecule has 11 nitrogen and oxygen atoms in total. The van der Waals surface area contributed by atoms with Gasteiger partial charge in [0.2, 0.25) is 17.7 Å². The minimum Gasteiger partial charge on any atom is -0.497 e. The number of ether oxygens (including phenoxy) is 1. The van der Waals surface area contributed by atoms with E-state index in [9.17, 15) is 14.4 Å². The van der Waals surface area contributed by atoms with Crippen LogP contribution >= 0.6 is 0 Å². The average Bonchev–Trinajstić information content (AvgIpc) is 3.76. The predicted molar refractivity (Wildman–Crippen MR) is 158 cm³/mol. The van der Waals surface area contributed by atoms with Gasteiger partial charge in [-0.2, -0.15) is 0 Å². The van der Waals surface area contributed by atoms with Crippen LogP contribution in [0.3, 0.4) is 0 Å². The normalized spacial score (nSPS) is 20.1. The molecule has 0 bridgehead atoms. The summed E-state index contributed by atoms with van der Waals surface area (Å²) in [7, 11) is 3.46. The Hall–Kier alpha value is -3.99. The van der Waals surface area contributed by atoms with Crippen LogP contribution in [0.5, 0.6) is 5.75 Å². The van der Waals surface area contributed by atoms with Gasteiger partial charge >= 0.3 is 0 Å². The lowest BCUT2D eigenvalue weighted by atomic mass is 9.96. The van der Waals surface area contributed by atoms with E-state index >= 15 is 0 Å². The second kappa shape index (κ2) is 12.9.